The van der Waals surface area contributed by atoms with Gasteiger partial charge in [0.1, 0.15) is 23.6 Å². The number of nitrogens with zero attached hydrogens (tertiary/aromatic N) is 4. The first kappa shape index (κ1) is 16.7. The molecule has 0 spiro atoms. The summed E-state index contributed by atoms with van der Waals surface area (Å²) in [5.41, 5.74) is 1.12. The number of nitrogens with one attached hydrogen (secondary N) is 1. The number of rotatable bonds is 5. The van der Waals surface area contributed by atoms with Crippen molar-refractivity contribution in [3.05, 3.63) is 42.4 Å². The number of methoxy groups -OCH3 is 1. The summed E-state index contributed by atoms with van der Waals surface area (Å²) >= 11 is 0. The van der Waals surface area contributed by atoms with Gasteiger partial charge in [0.25, 0.3) is 5.91 Å². The van der Waals surface area contributed by atoms with Crippen molar-refractivity contribution >= 4 is 23.8 Å². The number of carbonyl (C=O) groups is 2. The second-order valence-corrected chi connectivity index (χ2v) is 5.58. The highest BCUT2D eigenvalue weighted by atomic mass is 16.5. The third-order valence-electron chi connectivity index (χ3n) is 3.98. The van der Waals surface area contributed by atoms with Crippen LogP contribution < -0.4 is 10.1 Å². The Kier molecular flexibility index (Phi) is 5.08. The largest absolute Gasteiger partial charge is 0.497 e. The zero-order valence-corrected chi connectivity index (χ0v) is 13.9. The van der Waals surface area contributed by atoms with E-state index in [-0.39, 0.29) is 5.91 Å². The van der Waals surface area contributed by atoms with Crippen LogP contribution in [-0.2, 0) is 4.79 Å². The van der Waals surface area contributed by atoms with Crippen LogP contribution in [0.5, 0.6) is 5.75 Å². The number of piperazine rings is 1. The molecule has 1 aliphatic heterocycles. The minimum absolute atomic E-state index is 0.165. The van der Waals surface area contributed by atoms with Crippen LogP contribution in [0.2, 0.25) is 0 Å². The predicted octanol–water partition coefficient (Wildman–Crippen LogP) is 1.14. The van der Waals surface area contributed by atoms with Crippen LogP contribution in [0.25, 0.3) is 0 Å². The Balaban J connectivity index is 1.70. The highest BCUT2D eigenvalue weighted by molar-refractivity contribution is 5.93. The summed E-state index contributed by atoms with van der Waals surface area (Å²) < 4.78 is 5.19. The Morgan fingerprint density at radius 2 is 2.00 bits per heavy atom. The van der Waals surface area contributed by atoms with Crippen LogP contribution in [-0.4, -0.2) is 65.4 Å². The van der Waals surface area contributed by atoms with Gasteiger partial charge in [0.15, 0.2) is 0 Å². The van der Waals surface area contributed by atoms with Crippen LogP contribution in [0.15, 0.2) is 36.7 Å². The fraction of sp³-hybridized carbons (Fsp3) is 0.294. The predicted molar refractivity (Wildman–Crippen MR) is 91.8 cm³/mol. The van der Waals surface area contributed by atoms with E-state index >= 15 is 0 Å². The summed E-state index contributed by atoms with van der Waals surface area (Å²) in [7, 11) is 1.60. The minimum atomic E-state index is -0.165. The van der Waals surface area contributed by atoms with Crippen LogP contribution >= 0.6 is 0 Å². The Labute approximate surface area is 145 Å². The van der Waals surface area contributed by atoms with Crippen molar-refractivity contribution in [3.8, 4) is 5.75 Å². The molecule has 1 aliphatic rings. The Bertz CT molecular complexity index is 759. The molecule has 25 heavy (non-hydrogen) atoms. The maximum atomic E-state index is 12.6. The second-order valence-electron chi connectivity index (χ2n) is 5.58. The molecule has 2 amide bonds. The van der Waals surface area contributed by atoms with Crippen molar-refractivity contribution in [2.45, 2.75) is 0 Å². The molecule has 3 rings (SSSR count). The molecular weight excluding hydrogens is 322 g/mol. The van der Waals surface area contributed by atoms with Gasteiger partial charge < -0.3 is 19.9 Å². The zero-order chi connectivity index (χ0) is 17.6. The number of anilines is 2. The first-order valence-electron chi connectivity index (χ1n) is 7.91. The molecule has 2 aromatic rings. The molecule has 1 aromatic heterocycles. The lowest BCUT2D eigenvalue weighted by Gasteiger charge is -2.32. The molecule has 1 N–H and O–H groups in total. The fourth-order valence-electron chi connectivity index (χ4n) is 2.58. The van der Waals surface area contributed by atoms with E-state index in [1.807, 2.05) is 24.3 Å². The van der Waals surface area contributed by atoms with Gasteiger partial charge in [-0.2, -0.15) is 0 Å². The van der Waals surface area contributed by atoms with Gasteiger partial charge in [-0.25, -0.2) is 9.97 Å². The summed E-state index contributed by atoms with van der Waals surface area (Å²) in [4.78, 5) is 34.9. The lowest BCUT2D eigenvalue weighted by molar-refractivity contribution is -0.119. The van der Waals surface area contributed by atoms with Crippen molar-refractivity contribution in [1.29, 1.82) is 0 Å². The van der Waals surface area contributed by atoms with Crippen molar-refractivity contribution < 1.29 is 14.3 Å². The van der Waals surface area contributed by atoms with Crippen LogP contribution in [0, 0.1) is 0 Å². The summed E-state index contributed by atoms with van der Waals surface area (Å²) in [5, 5.41) is 3.14. The molecule has 0 bridgehead atoms. The van der Waals surface area contributed by atoms with Crippen molar-refractivity contribution in [3.63, 3.8) is 0 Å². The Morgan fingerprint density at radius 1 is 1.20 bits per heavy atom. The molecule has 0 aliphatic carbocycles. The number of amides is 2. The Hall–Kier alpha value is -3.16. The molecule has 8 nitrogen and oxygen atoms in total. The number of aromatic nitrogens is 2. The smallest absolute Gasteiger partial charge is 0.272 e. The molecule has 2 heterocycles. The van der Waals surface area contributed by atoms with E-state index in [0.717, 1.165) is 17.8 Å². The van der Waals surface area contributed by atoms with Gasteiger partial charge in [0, 0.05) is 44.0 Å². The van der Waals surface area contributed by atoms with Crippen LogP contribution in [0.1, 0.15) is 10.5 Å². The highest BCUT2D eigenvalue weighted by Crippen LogP contribution is 2.20. The van der Waals surface area contributed by atoms with Gasteiger partial charge in [-0.1, -0.05) is 6.07 Å². The quantitative estimate of drug-likeness (QED) is 0.821. The first-order valence-corrected chi connectivity index (χ1v) is 7.91. The summed E-state index contributed by atoms with van der Waals surface area (Å²) in [5.74, 6) is 1.09. The van der Waals surface area contributed by atoms with Gasteiger partial charge in [0.05, 0.1) is 7.11 Å². The van der Waals surface area contributed by atoms with E-state index in [9.17, 15) is 9.59 Å². The van der Waals surface area contributed by atoms with E-state index in [1.54, 1.807) is 23.0 Å². The SMILES string of the molecule is COc1cccc(Nc2cc(C(=O)N3CCN(C=O)CC3)ncn2)c1. The average Bonchev–Trinajstić information content (AvgIpc) is 2.68. The molecule has 0 saturated carbocycles. The standard InChI is InChI=1S/C17H19N5O3/c1-25-14-4-2-3-13(9-14)20-16-10-15(18-11-19-16)17(24)22-7-5-21(12-23)6-8-22/h2-4,9-12H,5-8H2,1H3,(H,18,19,20). The molecule has 1 fully saturated rings. The summed E-state index contributed by atoms with van der Waals surface area (Å²) in [6, 6.07) is 9.04. The molecule has 130 valence electrons. The van der Waals surface area contributed by atoms with E-state index < -0.39 is 0 Å². The average molecular weight is 341 g/mol. The maximum absolute atomic E-state index is 12.6. The van der Waals surface area contributed by atoms with Crippen LogP contribution in [0.3, 0.4) is 0 Å². The number of hydrogen-bond donors (Lipinski definition) is 1. The summed E-state index contributed by atoms with van der Waals surface area (Å²) in [6.45, 7) is 2.07. The van der Waals surface area contributed by atoms with Gasteiger partial charge >= 0.3 is 0 Å². The van der Waals surface area contributed by atoms with E-state index in [2.05, 4.69) is 15.3 Å². The molecular formula is C17H19N5O3. The van der Waals surface area contributed by atoms with Gasteiger partial charge in [-0.15, -0.1) is 0 Å². The molecule has 1 saturated heterocycles. The first-order chi connectivity index (χ1) is 12.2. The van der Waals surface area contributed by atoms with Crippen LogP contribution in [0.4, 0.5) is 11.5 Å². The second kappa shape index (κ2) is 7.61. The highest BCUT2D eigenvalue weighted by Gasteiger charge is 2.22. The van der Waals surface area contributed by atoms with E-state index in [0.29, 0.717) is 37.7 Å². The lowest BCUT2D eigenvalue weighted by Crippen LogP contribution is -2.48. The lowest BCUT2D eigenvalue weighted by atomic mass is 10.2. The zero-order valence-electron chi connectivity index (χ0n) is 13.9. The number of carbonyl (C=O) groups excluding carboxylic acids is 2. The van der Waals surface area contributed by atoms with Gasteiger partial charge in [-0.3, -0.25) is 9.59 Å². The molecule has 0 radical (unpaired) electrons. The molecule has 1 aromatic carbocycles. The summed E-state index contributed by atoms with van der Waals surface area (Å²) in [6.07, 6.45) is 2.17. The van der Waals surface area contributed by atoms with E-state index in [1.165, 1.54) is 6.33 Å². The Morgan fingerprint density at radius 3 is 2.72 bits per heavy atom. The number of benzene rings is 1. The maximum Gasteiger partial charge on any atom is 0.272 e. The van der Waals surface area contributed by atoms with Crippen molar-refractivity contribution in [2.24, 2.45) is 0 Å². The normalized spacial score (nSPS) is 14.1. The van der Waals surface area contributed by atoms with Gasteiger partial charge in [-0.05, 0) is 12.1 Å². The van der Waals surface area contributed by atoms with E-state index in [4.69, 9.17) is 4.74 Å². The van der Waals surface area contributed by atoms with Crippen molar-refractivity contribution in [2.75, 3.05) is 38.6 Å². The molecule has 0 unspecified atom stereocenters. The van der Waals surface area contributed by atoms with Crippen molar-refractivity contribution in [1.82, 2.24) is 19.8 Å². The third kappa shape index (κ3) is 4.03. The minimum Gasteiger partial charge on any atom is -0.497 e. The monoisotopic (exact) mass is 341 g/mol. The number of hydrogen-bond acceptors (Lipinski definition) is 6. The molecule has 0 atom stereocenters. The number of ether oxygens (including phenoxy) is 1. The topological polar surface area (TPSA) is 87.7 Å². The molecule has 8 heteroatoms. The fourth-order valence-corrected chi connectivity index (χ4v) is 2.58. The van der Waals surface area contributed by atoms with Gasteiger partial charge in [0.2, 0.25) is 6.41 Å². The third-order valence-corrected chi connectivity index (χ3v) is 3.98.